The standard InChI is InChI=1S/C16H31NO2/c1-7-9-10-11-12-14(3)17(13-8-2)15(18)19-16(4,5)6/h8,14H,2,7,9-13H2,1,3-6H3/t14-/m0/s1. The quantitative estimate of drug-likeness (QED) is 0.469. The van der Waals surface area contributed by atoms with Crippen LogP contribution in [0.3, 0.4) is 0 Å². The van der Waals surface area contributed by atoms with Gasteiger partial charge in [-0.2, -0.15) is 0 Å². The number of amides is 1. The lowest BCUT2D eigenvalue weighted by Crippen LogP contribution is -2.42. The number of rotatable bonds is 8. The molecule has 0 unspecified atom stereocenters. The first-order valence-electron chi connectivity index (χ1n) is 7.42. The Labute approximate surface area is 119 Å². The van der Waals surface area contributed by atoms with Crippen molar-refractivity contribution in [1.82, 2.24) is 4.90 Å². The molecule has 0 aliphatic heterocycles. The van der Waals surface area contributed by atoms with Gasteiger partial charge in [-0.25, -0.2) is 4.79 Å². The first-order chi connectivity index (χ1) is 8.81. The predicted octanol–water partition coefficient (Wildman–Crippen LogP) is 4.77. The molecule has 0 saturated heterocycles. The van der Waals surface area contributed by atoms with E-state index in [9.17, 15) is 4.79 Å². The van der Waals surface area contributed by atoms with Gasteiger partial charge in [-0.15, -0.1) is 6.58 Å². The Kier molecular flexibility index (Phi) is 8.53. The lowest BCUT2D eigenvalue weighted by atomic mass is 10.1. The van der Waals surface area contributed by atoms with Crippen LogP contribution in [-0.2, 0) is 4.74 Å². The molecule has 0 aliphatic carbocycles. The molecule has 1 atom stereocenters. The van der Waals surface area contributed by atoms with E-state index < -0.39 is 5.60 Å². The minimum absolute atomic E-state index is 0.199. The summed E-state index contributed by atoms with van der Waals surface area (Å²) in [5, 5.41) is 0. The van der Waals surface area contributed by atoms with Gasteiger partial charge in [0, 0.05) is 12.6 Å². The molecule has 1 amide bonds. The van der Waals surface area contributed by atoms with Gasteiger partial charge in [0.2, 0.25) is 0 Å². The summed E-state index contributed by atoms with van der Waals surface area (Å²) in [5.41, 5.74) is -0.446. The van der Waals surface area contributed by atoms with Crippen LogP contribution in [0.4, 0.5) is 4.79 Å². The largest absolute Gasteiger partial charge is 0.444 e. The van der Waals surface area contributed by atoms with Gasteiger partial charge in [0.25, 0.3) is 0 Å². The highest BCUT2D eigenvalue weighted by Crippen LogP contribution is 2.15. The maximum absolute atomic E-state index is 12.1. The van der Waals surface area contributed by atoms with Crippen molar-refractivity contribution in [2.45, 2.75) is 78.4 Å². The lowest BCUT2D eigenvalue weighted by Gasteiger charge is -2.31. The topological polar surface area (TPSA) is 29.5 Å². The van der Waals surface area contributed by atoms with Crippen molar-refractivity contribution in [3.8, 4) is 0 Å². The average molecular weight is 269 g/mol. The van der Waals surface area contributed by atoms with Crippen LogP contribution in [0.25, 0.3) is 0 Å². The molecule has 3 heteroatoms. The van der Waals surface area contributed by atoms with E-state index in [1.165, 1.54) is 19.3 Å². The second-order valence-electron chi connectivity index (χ2n) is 6.12. The fourth-order valence-corrected chi connectivity index (χ4v) is 1.92. The van der Waals surface area contributed by atoms with E-state index in [0.29, 0.717) is 6.54 Å². The summed E-state index contributed by atoms with van der Waals surface area (Å²) in [6, 6.07) is 0.199. The van der Waals surface area contributed by atoms with E-state index in [-0.39, 0.29) is 12.1 Å². The summed E-state index contributed by atoms with van der Waals surface area (Å²) < 4.78 is 5.44. The van der Waals surface area contributed by atoms with E-state index in [4.69, 9.17) is 4.74 Å². The zero-order chi connectivity index (χ0) is 14.9. The molecule has 0 aromatic rings. The third-order valence-corrected chi connectivity index (χ3v) is 2.96. The van der Waals surface area contributed by atoms with Crippen molar-refractivity contribution < 1.29 is 9.53 Å². The summed E-state index contributed by atoms with van der Waals surface area (Å²) in [6.07, 6.45) is 7.43. The van der Waals surface area contributed by atoms with Crippen LogP contribution in [0.5, 0.6) is 0 Å². The molecule has 0 heterocycles. The number of unbranched alkanes of at least 4 members (excludes halogenated alkanes) is 3. The second-order valence-corrected chi connectivity index (χ2v) is 6.12. The highest BCUT2D eigenvalue weighted by molar-refractivity contribution is 5.68. The maximum Gasteiger partial charge on any atom is 0.410 e. The van der Waals surface area contributed by atoms with Gasteiger partial charge in [0.15, 0.2) is 0 Å². The van der Waals surface area contributed by atoms with Crippen LogP contribution < -0.4 is 0 Å². The van der Waals surface area contributed by atoms with Crippen LogP contribution in [0.1, 0.15) is 66.7 Å². The first kappa shape index (κ1) is 18.0. The number of carbonyl (C=O) groups excluding carboxylic acids is 1. The van der Waals surface area contributed by atoms with E-state index in [0.717, 1.165) is 12.8 Å². The van der Waals surface area contributed by atoms with E-state index in [1.54, 1.807) is 11.0 Å². The number of hydrogen-bond acceptors (Lipinski definition) is 2. The van der Waals surface area contributed by atoms with Gasteiger partial charge in [0.05, 0.1) is 0 Å². The van der Waals surface area contributed by atoms with E-state index >= 15 is 0 Å². The van der Waals surface area contributed by atoms with Crippen LogP contribution in [0, 0.1) is 0 Å². The minimum Gasteiger partial charge on any atom is -0.444 e. The second kappa shape index (κ2) is 9.00. The zero-order valence-electron chi connectivity index (χ0n) is 13.4. The molecule has 112 valence electrons. The smallest absolute Gasteiger partial charge is 0.410 e. The summed E-state index contributed by atoms with van der Waals surface area (Å²) in [4.78, 5) is 13.9. The molecule has 0 bridgehead atoms. The minimum atomic E-state index is -0.446. The van der Waals surface area contributed by atoms with Crippen LogP contribution in [0.15, 0.2) is 12.7 Å². The summed E-state index contributed by atoms with van der Waals surface area (Å²) in [6.45, 7) is 14.2. The monoisotopic (exact) mass is 269 g/mol. The molecule has 0 aromatic carbocycles. The molecule has 0 saturated carbocycles. The molecule has 0 aromatic heterocycles. The molecule has 3 nitrogen and oxygen atoms in total. The van der Waals surface area contributed by atoms with E-state index in [2.05, 4.69) is 20.4 Å². The Morgan fingerprint density at radius 2 is 1.95 bits per heavy atom. The molecule has 0 aliphatic rings. The maximum atomic E-state index is 12.1. The van der Waals surface area contributed by atoms with Crippen molar-refractivity contribution in [3.63, 3.8) is 0 Å². The van der Waals surface area contributed by atoms with Gasteiger partial charge >= 0.3 is 6.09 Å². The fraction of sp³-hybridized carbons (Fsp3) is 0.812. The molecule has 0 spiro atoms. The highest BCUT2D eigenvalue weighted by Gasteiger charge is 2.24. The number of hydrogen-bond donors (Lipinski definition) is 0. The molecular formula is C16H31NO2. The Hall–Kier alpha value is -0.990. The molecule has 0 fully saturated rings. The normalized spacial score (nSPS) is 12.9. The van der Waals surface area contributed by atoms with E-state index in [1.807, 2.05) is 20.8 Å². The summed E-state index contributed by atoms with van der Waals surface area (Å²) in [5.74, 6) is 0. The molecule has 0 rings (SSSR count). The van der Waals surface area contributed by atoms with Crippen molar-refractivity contribution in [3.05, 3.63) is 12.7 Å². The van der Waals surface area contributed by atoms with Crippen molar-refractivity contribution in [1.29, 1.82) is 0 Å². The number of nitrogens with zero attached hydrogens (tertiary/aromatic N) is 1. The van der Waals surface area contributed by atoms with Crippen molar-refractivity contribution in [2.75, 3.05) is 6.54 Å². The Morgan fingerprint density at radius 3 is 2.42 bits per heavy atom. The molecule has 0 radical (unpaired) electrons. The predicted molar refractivity (Wildman–Crippen MR) is 81.4 cm³/mol. The highest BCUT2D eigenvalue weighted by atomic mass is 16.6. The number of carbonyl (C=O) groups is 1. The molecular weight excluding hydrogens is 238 g/mol. The fourth-order valence-electron chi connectivity index (χ4n) is 1.92. The van der Waals surface area contributed by atoms with Crippen LogP contribution in [-0.4, -0.2) is 29.2 Å². The van der Waals surface area contributed by atoms with Gasteiger partial charge in [0.1, 0.15) is 5.60 Å². The Morgan fingerprint density at radius 1 is 1.32 bits per heavy atom. The van der Waals surface area contributed by atoms with Gasteiger partial charge < -0.3 is 9.64 Å². The van der Waals surface area contributed by atoms with Gasteiger partial charge in [-0.1, -0.05) is 38.7 Å². The van der Waals surface area contributed by atoms with Crippen LogP contribution in [0.2, 0.25) is 0 Å². The summed E-state index contributed by atoms with van der Waals surface area (Å²) in [7, 11) is 0. The average Bonchev–Trinajstić information content (AvgIpc) is 2.29. The summed E-state index contributed by atoms with van der Waals surface area (Å²) >= 11 is 0. The van der Waals surface area contributed by atoms with Gasteiger partial charge in [-0.05, 0) is 34.1 Å². The Bertz CT molecular complexity index is 268. The third kappa shape index (κ3) is 8.68. The molecule has 19 heavy (non-hydrogen) atoms. The van der Waals surface area contributed by atoms with Crippen molar-refractivity contribution in [2.24, 2.45) is 0 Å². The zero-order valence-corrected chi connectivity index (χ0v) is 13.4. The Balaban J connectivity index is 4.36. The SMILES string of the molecule is C=CCN(C(=O)OC(C)(C)C)[C@@H](C)CCCCCC. The molecule has 0 N–H and O–H groups in total. The lowest BCUT2D eigenvalue weighted by molar-refractivity contribution is 0.0194. The third-order valence-electron chi connectivity index (χ3n) is 2.96. The van der Waals surface area contributed by atoms with Crippen molar-refractivity contribution >= 4 is 6.09 Å². The van der Waals surface area contributed by atoms with Crippen LogP contribution >= 0.6 is 0 Å². The first-order valence-corrected chi connectivity index (χ1v) is 7.42. The van der Waals surface area contributed by atoms with Gasteiger partial charge in [-0.3, -0.25) is 0 Å². The number of ether oxygens (including phenoxy) is 1.